The van der Waals surface area contributed by atoms with E-state index in [2.05, 4.69) is 5.32 Å². The smallest absolute Gasteiger partial charge is 0.150 e. The van der Waals surface area contributed by atoms with Crippen LogP contribution >= 0.6 is 0 Å². The summed E-state index contributed by atoms with van der Waals surface area (Å²) in [6.45, 7) is 0.710. The van der Waals surface area contributed by atoms with Gasteiger partial charge in [-0.1, -0.05) is 18.6 Å². The van der Waals surface area contributed by atoms with Crippen molar-refractivity contribution < 1.29 is 13.5 Å². The fourth-order valence-electron chi connectivity index (χ4n) is 2.60. The highest BCUT2D eigenvalue weighted by atomic mass is 32.2. The zero-order valence-electron chi connectivity index (χ0n) is 11.2. The van der Waals surface area contributed by atoms with E-state index < -0.39 is 9.84 Å². The number of hydrogen-bond acceptors (Lipinski definition) is 4. The summed E-state index contributed by atoms with van der Waals surface area (Å²) >= 11 is 0. The quantitative estimate of drug-likeness (QED) is 0.885. The molecule has 1 aromatic carbocycles. The Hall–Kier alpha value is -1.07. The number of sulfone groups is 1. The molecule has 0 aliphatic heterocycles. The fourth-order valence-corrected chi connectivity index (χ4v) is 3.77. The number of aromatic hydroxyl groups is 1. The summed E-state index contributed by atoms with van der Waals surface area (Å²) in [7, 11) is -2.92. The van der Waals surface area contributed by atoms with Gasteiger partial charge in [-0.05, 0) is 37.0 Å². The average molecular weight is 283 g/mol. The van der Waals surface area contributed by atoms with Gasteiger partial charge in [-0.15, -0.1) is 0 Å². The average Bonchev–Trinajstić information content (AvgIpc) is 2.37. The van der Waals surface area contributed by atoms with E-state index in [1.807, 2.05) is 12.1 Å². The van der Waals surface area contributed by atoms with Crippen molar-refractivity contribution in [3.63, 3.8) is 0 Å². The number of rotatable bonds is 4. The lowest BCUT2D eigenvalue weighted by Crippen LogP contribution is -2.38. The second-order valence-electron chi connectivity index (χ2n) is 5.36. The normalized spacial score (nSPS) is 24.3. The van der Waals surface area contributed by atoms with Crippen molar-refractivity contribution in [2.45, 2.75) is 43.5 Å². The number of phenolic OH excluding ortho intramolecular Hbond substituents is 1. The minimum atomic E-state index is -2.92. The van der Waals surface area contributed by atoms with E-state index in [9.17, 15) is 13.5 Å². The predicted octanol–water partition coefficient (Wildman–Crippen LogP) is 1.84. The molecule has 19 heavy (non-hydrogen) atoms. The minimum Gasteiger partial charge on any atom is -0.508 e. The number of nitrogens with one attached hydrogen (secondary N) is 1. The van der Waals surface area contributed by atoms with Crippen LogP contribution < -0.4 is 5.32 Å². The lowest BCUT2D eigenvalue weighted by molar-refractivity contribution is 0.371. The zero-order valence-corrected chi connectivity index (χ0v) is 12.0. The molecular weight excluding hydrogens is 262 g/mol. The van der Waals surface area contributed by atoms with E-state index in [1.54, 1.807) is 12.1 Å². The van der Waals surface area contributed by atoms with Crippen molar-refractivity contribution in [3.05, 3.63) is 29.8 Å². The Balaban J connectivity index is 1.87. The fraction of sp³-hybridized carbons (Fsp3) is 0.571. The monoisotopic (exact) mass is 283 g/mol. The molecule has 0 saturated heterocycles. The Morgan fingerprint density at radius 3 is 2.58 bits per heavy atom. The summed E-state index contributed by atoms with van der Waals surface area (Å²) in [5.41, 5.74) is 1.10. The largest absolute Gasteiger partial charge is 0.508 e. The third-order valence-electron chi connectivity index (χ3n) is 3.76. The van der Waals surface area contributed by atoms with E-state index in [4.69, 9.17) is 0 Å². The number of hydrogen-bond donors (Lipinski definition) is 2. The molecule has 5 heteroatoms. The van der Waals surface area contributed by atoms with E-state index >= 15 is 0 Å². The molecule has 106 valence electrons. The van der Waals surface area contributed by atoms with Crippen molar-refractivity contribution in [3.8, 4) is 5.75 Å². The third kappa shape index (κ3) is 4.21. The van der Waals surface area contributed by atoms with E-state index in [-0.39, 0.29) is 17.0 Å². The maximum absolute atomic E-state index is 11.6. The minimum absolute atomic E-state index is 0.196. The first-order valence-electron chi connectivity index (χ1n) is 6.65. The lowest BCUT2D eigenvalue weighted by Gasteiger charge is -2.28. The molecule has 2 N–H and O–H groups in total. The molecular formula is C14H21NO3S. The number of benzene rings is 1. The Morgan fingerprint density at radius 1 is 1.26 bits per heavy atom. The van der Waals surface area contributed by atoms with Gasteiger partial charge in [0.1, 0.15) is 15.6 Å². The summed E-state index contributed by atoms with van der Waals surface area (Å²) in [6, 6.07) is 7.34. The van der Waals surface area contributed by atoms with Crippen LogP contribution in [0.4, 0.5) is 0 Å². The van der Waals surface area contributed by atoms with Crippen LogP contribution in [0.2, 0.25) is 0 Å². The maximum Gasteiger partial charge on any atom is 0.150 e. The van der Waals surface area contributed by atoms with Gasteiger partial charge in [-0.3, -0.25) is 0 Å². The highest BCUT2D eigenvalue weighted by molar-refractivity contribution is 7.91. The SMILES string of the molecule is CS(=O)(=O)C1CCCC(NCc2ccc(O)cc2)C1. The molecule has 2 atom stereocenters. The first kappa shape index (κ1) is 14.3. The third-order valence-corrected chi connectivity index (χ3v) is 5.40. The summed E-state index contributed by atoms with van der Waals surface area (Å²) < 4.78 is 23.2. The van der Waals surface area contributed by atoms with Gasteiger partial charge >= 0.3 is 0 Å². The first-order chi connectivity index (χ1) is 8.95. The summed E-state index contributed by atoms with van der Waals surface area (Å²) in [5, 5.41) is 12.4. The predicted molar refractivity (Wildman–Crippen MR) is 75.8 cm³/mol. The van der Waals surface area contributed by atoms with Crippen molar-refractivity contribution in [2.24, 2.45) is 0 Å². The van der Waals surface area contributed by atoms with Gasteiger partial charge in [0.05, 0.1) is 5.25 Å². The van der Waals surface area contributed by atoms with Gasteiger partial charge in [0.15, 0.2) is 0 Å². The maximum atomic E-state index is 11.6. The number of phenols is 1. The van der Waals surface area contributed by atoms with Crippen LogP contribution in [-0.4, -0.2) is 31.1 Å². The van der Waals surface area contributed by atoms with Crippen LogP contribution in [0, 0.1) is 0 Å². The molecule has 0 spiro atoms. The molecule has 4 nitrogen and oxygen atoms in total. The zero-order chi connectivity index (χ0) is 13.9. The van der Waals surface area contributed by atoms with Gasteiger partial charge in [-0.25, -0.2) is 8.42 Å². The van der Waals surface area contributed by atoms with Crippen LogP contribution in [0.15, 0.2) is 24.3 Å². The Kier molecular flexibility index (Phi) is 4.47. The molecule has 0 aromatic heterocycles. The standard InChI is InChI=1S/C14H21NO3S/c1-19(17,18)14-4-2-3-12(9-14)15-10-11-5-7-13(16)8-6-11/h5-8,12,14-16H,2-4,9-10H2,1H3. The van der Waals surface area contributed by atoms with Crippen LogP contribution in [0.1, 0.15) is 31.2 Å². The molecule has 1 aromatic rings. The lowest BCUT2D eigenvalue weighted by atomic mass is 9.95. The second-order valence-corrected chi connectivity index (χ2v) is 7.69. The first-order valence-corrected chi connectivity index (χ1v) is 8.61. The molecule has 2 rings (SSSR count). The van der Waals surface area contributed by atoms with Gasteiger partial charge < -0.3 is 10.4 Å². The van der Waals surface area contributed by atoms with Crippen molar-refractivity contribution in [1.29, 1.82) is 0 Å². The van der Waals surface area contributed by atoms with Crippen molar-refractivity contribution in [2.75, 3.05) is 6.26 Å². The van der Waals surface area contributed by atoms with E-state index in [1.165, 1.54) is 6.26 Å². The molecule has 1 saturated carbocycles. The summed E-state index contributed by atoms with van der Waals surface area (Å²) in [5.74, 6) is 0.263. The molecule has 0 amide bonds. The molecule has 0 heterocycles. The Bertz CT molecular complexity index is 510. The highest BCUT2D eigenvalue weighted by Gasteiger charge is 2.28. The Labute approximate surface area is 114 Å². The van der Waals surface area contributed by atoms with Crippen molar-refractivity contribution >= 4 is 9.84 Å². The van der Waals surface area contributed by atoms with Crippen LogP contribution in [0.5, 0.6) is 5.75 Å². The van der Waals surface area contributed by atoms with Gasteiger partial charge in [0.25, 0.3) is 0 Å². The van der Waals surface area contributed by atoms with Gasteiger partial charge in [0.2, 0.25) is 0 Å². The topological polar surface area (TPSA) is 66.4 Å². The van der Waals surface area contributed by atoms with Crippen molar-refractivity contribution in [1.82, 2.24) is 5.32 Å². The van der Waals surface area contributed by atoms with E-state index in [0.717, 1.165) is 24.8 Å². The molecule has 1 fully saturated rings. The highest BCUT2D eigenvalue weighted by Crippen LogP contribution is 2.24. The summed E-state index contributed by atoms with van der Waals surface area (Å²) in [6.07, 6.45) is 4.82. The summed E-state index contributed by atoms with van der Waals surface area (Å²) in [4.78, 5) is 0. The van der Waals surface area contributed by atoms with Crippen LogP contribution in [0.25, 0.3) is 0 Å². The van der Waals surface area contributed by atoms with Gasteiger partial charge in [0, 0.05) is 18.8 Å². The molecule has 0 bridgehead atoms. The molecule has 1 aliphatic rings. The molecule has 0 radical (unpaired) electrons. The van der Waals surface area contributed by atoms with E-state index in [0.29, 0.717) is 13.0 Å². The molecule has 2 unspecified atom stereocenters. The van der Waals surface area contributed by atoms with Crippen LogP contribution in [0.3, 0.4) is 0 Å². The van der Waals surface area contributed by atoms with Crippen LogP contribution in [-0.2, 0) is 16.4 Å². The van der Waals surface area contributed by atoms with Gasteiger partial charge in [-0.2, -0.15) is 0 Å². The Morgan fingerprint density at radius 2 is 1.95 bits per heavy atom. The molecule has 1 aliphatic carbocycles. The second kappa shape index (κ2) is 5.92.